The zero-order valence-corrected chi connectivity index (χ0v) is 14.4. The van der Waals surface area contributed by atoms with Crippen LogP contribution in [0.2, 0.25) is 0 Å². The Kier molecular flexibility index (Phi) is 5.46. The molecule has 0 radical (unpaired) electrons. The molecule has 1 fully saturated rings. The topological polar surface area (TPSA) is 88.6 Å². The van der Waals surface area contributed by atoms with Gasteiger partial charge >= 0.3 is 0 Å². The number of furan rings is 1. The zero-order chi connectivity index (χ0) is 17.1. The standard InChI is InChI=1S/C17H27N3O3/c1-10(2)15(18)17(22)20-7-5-13(6-8-20)19-16(21)14-9-11(3)23-12(14)4/h9-10,13,15H,5-8,18H2,1-4H3,(H,19,21)/t15-/m0/s1. The molecule has 0 aromatic carbocycles. The molecule has 0 unspecified atom stereocenters. The molecule has 0 spiro atoms. The maximum atomic E-state index is 12.3. The molecule has 2 amide bonds. The van der Waals surface area contributed by atoms with Crippen LogP contribution in [0.25, 0.3) is 0 Å². The Balaban J connectivity index is 1.86. The molecule has 0 bridgehead atoms. The summed E-state index contributed by atoms with van der Waals surface area (Å²) in [6.07, 6.45) is 1.50. The van der Waals surface area contributed by atoms with Crippen molar-refractivity contribution < 1.29 is 14.0 Å². The van der Waals surface area contributed by atoms with Crippen molar-refractivity contribution >= 4 is 11.8 Å². The van der Waals surface area contributed by atoms with E-state index < -0.39 is 6.04 Å². The Morgan fingerprint density at radius 1 is 1.30 bits per heavy atom. The van der Waals surface area contributed by atoms with Crippen molar-refractivity contribution in [1.29, 1.82) is 0 Å². The lowest BCUT2D eigenvalue weighted by Crippen LogP contribution is -2.52. The Morgan fingerprint density at radius 3 is 2.39 bits per heavy atom. The Morgan fingerprint density at radius 2 is 1.91 bits per heavy atom. The number of nitrogens with one attached hydrogen (secondary N) is 1. The molecule has 1 saturated heterocycles. The second-order valence-electron chi connectivity index (χ2n) is 6.67. The number of likely N-dealkylation sites (tertiary alicyclic amines) is 1. The highest BCUT2D eigenvalue weighted by molar-refractivity contribution is 5.95. The number of amides is 2. The van der Waals surface area contributed by atoms with Gasteiger partial charge in [-0.2, -0.15) is 0 Å². The lowest BCUT2D eigenvalue weighted by molar-refractivity contribution is -0.134. The van der Waals surface area contributed by atoms with Gasteiger partial charge in [0.1, 0.15) is 11.5 Å². The largest absolute Gasteiger partial charge is 0.466 e. The maximum Gasteiger partial charge on any atom is 0.255 e. The predicted molar refractivity (Wildman–Crippen MR) is 88.1 cm³/mol. The van der Waals surface area contributed by atoms with Gasteiger partial charge in [0, 0.05) is 19.1 Å². The predicted octanol–water partition coefficient (Wildman–Crippen LogP) is 1.60. The van der Waals surface area contributed by atoms with Crippen LogP contribution in [-0.4, -0.2) is 41.9 Å². The third kappa shape index (κ3) is 4.13. The van der Waals surface area contributed by atoms with Crippen LogP contribution in [0.5, 0.6) is 0 Å². The molecule has 128 valence electrons. The van der Waals surface area contributed by atoms with E-state index >= 15 is 0 Å². The summed E-state index contributed by atoms with van der Waals surface area (Å²) in [5.41, 5.74) is 6.52. The molecule has 23 heavy (non-hydrogen) atoms. The summed E-state index contributed by atoms with van der Waals surface area (Å²) < 4.78 is 5.39. The number of piperidine rings is 1. The summed E-state index contributed by atoms with van der Waals surface area (Å²) in [5, 5.41) is 3.03. The van der Waals surface area contributed by atoms with E-state index in [-0.39, 0.29) is 23.8 Å². The first-order chi connectivity index (χ1) is 10.8. The summed E-state index contributed by atoms with van der Waals surface area (Å²) in [7, 11) is 0. The fraction of sp³-hybridized carbons (Fsp3) is 0.647. The number of carbonyl (C=O) groups excluding carboxylic acids is 2. The van der Waals surface area contributed by atoms with E-state index in [1.165, 1.54) is 0 Å². The highest BCUT2D eigenvalue weighted by atomic mass is 16.3. The first kappa shape index (κ1) is 17.5. The van der Waals surface area contributed by atoms with E-state index in [0.717, 1.165) is 18.6 Å². The minimum atomic E-state index is -0.447. The quantitative estimate of drug-likeness (QED) is 0.881. The average molecular weight is 321 g/mol. The third-order valence-corrected chi connectivity index (χ3v) is 4.43. The second-order valence-corrected chi connectivity index (χ2v) is 6.67. The van der Waals surface area contributed by atoms with E-state index in [1.807, 2.05) is 20.8 Å². The van der Waals surface area contributed by atoms with Crippen molar-refractivity contribution in [2.45, 2.75) is 52.6 Å². The summed E-state index contributed by atoms with van der Waals surface area (Å²) in [6.45, 7) is 8.78. The van der Waals surface area contributed by atoms with Crippen LogP contribution in [0, 0.1) is 19.8 Å². The normalized spacial score (nSPS) is 17.4. The summed E-state index contributed by atoms with van der Waals surface area (Å²) in [5.74, 6) is 1.40. The van der Waals surface area contributed by atoms with Gasteiger partial charge in [-0.15, -0.1) is 0 Å². The van der Waals surface area contributed by atoms with Crippen LogP contribution in [-0.2, 0) is 4.79 Å². The Bertz CT molecular complexity index is 572. The maximum absolute atomic E-state index is 12.3. The number of nitrogens with two attached hydrogens (primary N) is 1. The number of carbonyl (C=O) groups is 2. The molecule has 2 heterocycles. The molecular formula is C17H27N3O3. The van der Waals surface area contributed by atoms with Gasteiger partial charge in [0.25, 0.3) is 5.91 Å². The molecule has 2 rings (SSSR count). The van der Waals surface area contributed by atoms with E-state index in [2.05, 4.69) is 5.32 Å². The smallest absolute Gasteiger partial charge is 0.255 e. The van der Waals surface area contributed by atoms with Crippen LogP contribution < -0.4 is 11.1 Å². The van der Waals surface area contributed by atoms with Crippen LogP contribution in [0.15, 0.2) is 10.5 Å². The number of nitrogens with zero attached hydrogens (tertiary/aromatic N) is 1. The number of rotatable bonds is 4. The van der Waals surface area contributed by atoms with Crippen molar-refractivity contribution in [1.82, 2.24) is 10.2 Å². The van der Waals surface area contributed by atoms with Gasteiger partial charge in [-0.05, 0) is 38.7 Å². The first-order valence-electron chi connectivity index (χ1n) is 8.22. The van der Waals surface area contributed by atoms with Crippen molar-refractivity contribution in [3.63, 3.8) is 0 Å². The monoisotopic (exact) mass is 321 g/mol. The molecule has 3 N–H and O–H groups in total. The number of hydrogen-bond donors (Lipinski definition) is 2. The highest BCUT2D eigenvalue weighted by Gasteiger charge is 2.28. The number of aryl methyl sites for hydroxylation is 2. The van der Waals surface area contributed by atoms with Crippen LogP contribution in [0.3, 0.4) is 0 Å². The molecule has 1 aromatic rings. The fourth-order valence-electron chi connectivity index (χ4n) is 2.86. The van der Waals surface area contributed by atoms with Crippen molar-refractivity contribution in [3.05, 3.63) is 23.2 Å². The van der Waals surface area contributed by atoms with E-state index in [1.54, 1.807) is 17.9 Å². The lowest BCUT2D eigenvalue weighted by Gasteiger charge is -2.34. The Hall–Kier alpha value is -1.82. The van der Waals surface area contributed by atoms with Crippen molar-refractivity contribution in [2.75, 3.05) is 13.1 Å². The fourth-order valence-corrected chi connectivity index (χ4v) is 2.86. The molecule has 1 aliphatic heterocycles. The van der Waals surface area contributed by atoms with Gasteiger partial charge in [-0.1, -0.05) is 13.8 Å². The molecule has 0 saturated carbocycles. The van der Waals surface area contributed by atoms with Gasteiger partial charge in [0.15, 0.2) is 0 Å². The van der Waals surface area contributed by atoms with Gasteiger partial charge in [0.2, 0.25) is 5.91 Å². The molecule has 1 aromatic heterocycles. The van der Waals surface area contributed by atoms with Crippen molar-refractivity contribution in [2.24, 2.45) is 11.7 Å². The number of hydrogen-bond acceptors (Lipinski definition) is 4. The molecule has 6 heteroatoms. The summed E-state index contributed by atoms with van der Waals surface area (Å²) >= 11 is 0. The van der Waals surface area contributed by atoms with Gasteiger partial charge in [0.05, 0.1) is 11.6 Å². The van der Waals surface area contributed by atoms with Crippen molar-refractivity contribution in [3.8, 4) is 0 Å². The SMILES string of the molecule is Cc1cc(C(=O)NC2CCN(C(=O)[C@@H](N)C(C)C)CC2)c(C)o1. The van der Waals surface area contributed by atoms with Crippen LogP contribution >= 0.6 is 0 Å². The average Bonchev–Trinajstić information content (AvgIpc) is 2.85. The van der Waals surface area contributed by atoms with E-state index in [0.29, 0.717) is 24.4 Å². The highest BCUT2D eigenvalue weighted by Crippen LogP contribution is 2.17. The molecule has 1 aliphatic rings. The molecule has 1 atom stereocenters. The molecule has 6 nitrogen and oxygen atoms in total. The minimum Gasteiger partial charge on any atom is -0.466 e. The first-order valence-corrected chi connectivity index (χ1v) is 8.22. The molecular weight excluding hydrogens is 294 g/mol. The summed E-state index contributed by atoms with van der Waals surface area (Å²) in [6, 6.07) is 1.39. The van der Waals surface area contributed by atoms with Gasteiger partial charge in [-0.25, -0.2) is 0 Å². The Labute approximate surface area is 137 Å². The minimum absolute atomic E-state index is 0.00563. The van der Waals surface area contributed by atoms with E-state index in [4.69, 9.17) is 10.2 Å². The van der Waals surface area contributed by atoms with Crippen LogP contribution in [0.4, 0.5) is 0 Å². The molecule has 0 aliphatic carbocycles. The third-order valence-electron chi connectivity index (χ3n) is 4.43. The van der Waals surface area contributed by atoms with E-state index in [9.17, 15) is 9.59 Å². The summed E-state index contributed by atoms with van der Waals surface area (Å²) in [4.78, 5) is 26.3. The lowest BCUT2D eigenvalue weighted by atomic mass is 10.00. The zero-order valence-electron chi connectivity index (χ0n) is 14.4. The van der Waals surface area contributed by atoms with Gasteiger partial charge in [-0.3, -0.25) is 9.59 Å². The van der Waals surface area contributed by atoms with Crippen LogP contribution in [0.1, 0.15) is 48.6 Å². The van der Waals surface area contributed by atoms with Gasteiger partial charge < -0.3 is 20.4 Å². The second kappa shape index (κ2) is 7.17.